The molecular formula is C42H53ClN2O4. The highest BCUT2D eigenvalue weighted by molar-refractivity contribution is 6.30. The number of carbonyl (C=O) groups excluding carboxylic acids is 3. The molecule has 0 radical (unpaired) electrons. The van der Waals surface area contributed by atoms with Gasteiger partial charge in [0.05, 0.1) is 0 Å². The van der Waals surface area contributed by atoms with Crippen molar-refractivity contribution in [3.05, 3.63) is 125 Å². The van der Waals surface area contributed by atoms with E-state index < -0.39 is 5.60 Å². The van der Waals surface area contributed by atoms with Crippen LogP contribution in [0.2, 0.25) is 5.02 Å². The van der Waals surface area contributed by atoms with Crippen LogP contribution in [0.15, 0.2) is 109 Å². The van der Waals surface area contributed by atoms with Gasteiger partial charge in [-0.05, 0) is 120 Å². The van der Waals surface area contributed by atoms with Crippen LogP contribution in [0.3, 0.4) is 0 Å². The molecule has 1 heterocycles. The number of nitrogens with zero attached hydrogens (tertiary/aromatic N) is 1. The molecule has 0 bridgehead atoms. The van der Waals surface area contributed by atoms with Crippen molar-refractivity contribution in [3.8, 4) is 5.75 Å². The molecule has 1 aliphatic heterocycles. The molecule has 49 heavy (non-hydrogen) atoms. The summed E-state index contributed by atoms with van der Waals surface area (Å²) in [5, 5.41) is 3.57. The van der Waals surface area contributed by atoms with E-state index >= 15 is 0 Å². The summed E-state index contributed by atoms with van der Waals surface area (Å²) >= 11 is 5.93. The summed E-state index contributed by atoms with van der Waals surface area (Å²) in [7, 11) is 0. The fourth-order valence-corrected chi connectivity index (χ4v) is 5.59. The number of amides is 2. The van der Waals surface area contributed by atoms with E-state index in [9.17, 15) is 14.4 Å². The minimum absolute atomic E-state index is 0.0147. The van der Waals surface area contributed by atoms with Crippen LogP contribution >= 0.6 is 11.6 Å². The molecule has 1 fully saturated rings. The molecule has 1 atom stereocenters. The largest absolute Gasteiger partial charge is 0.478 e. The van der Waals surface area contributed by atoms with Crippen LogP contribution < -0.4 is 10.1 Å². The third kappa shape index (κ3) is 14.5. The van der Waals surface area contributed by atoms with Crippen molar-refractivity contribution in [2.24, 2.45) is 0 Å². The number of unbranched alkanes of at least 4 members (excludes halogenated alkanes) is 1. The Kier molecular flexibility index (Phi) is 17.4. The second kappa shape index (κ2) is 21.7. The van der Waals surface area contributed by atoms with Gasteiger partial charge < -0.3 is 15.0 Å². The fourth-order valence-electron chi connectivity index (χ4n) is 5.47. The van der Waals surface area contributed by atoms with Gasteiger partial charge in [0.25, 0.3) is 5.91 Å². The van der Waals surface area contributed by atoms with Gasteiger partial charge in [-0.3, -0.25) is 14.4 Å². The second-order valence-corrected chi connectivity index (χ2v) is 13.1. The van der Waals surface area contributed by atoms with Crippen LogP contribution in [-0.2, 0) is 9.59 Å². The number of likely N-dealkylation sites (tertiary alicyclic amines) is 1. The summed E-state index contributed by atoms with van der Waals surface area (Å²) in [4.78, 5) is 40.8. The highest BCUT2D eigenvalue weighted by Gasteiger charge is 2.33. The molecule has 0 unspecified atom stereocenters. The lowest BCUT2D eigenvalue weighted by Gasteiger charge is -2.29. The molecule has 3 rings (SSSR count). The predicted molar refractivity (Wildman–Crippen MR) is 202 cm³/mol. The van der Waals surface area contributed by atoms with Crippen LogP contribution in [0, 0.1) is 0 Å². The third-order valence-electron chi connectivity index (χ3n) is 8.26. The molecule has 2 aromatic carbocycles. The van der Waals surface area contributed by atoms with Crippen molar-refractivity contribution >= 4 is 29.2 Å². The summed E-state index contributed by atoms with van der Waals surface area (Å²) in [6.45, 7) is 6.68. The maximum absolute atomic E-state index is 13.1. The van der Waals surface area contributed by atoms with Crippen molar-refractivity contribution in [2.75, 3.05) is 13.1 Å². The van der Waals surface area contributed by atoms with E-state index in [0.717, 1.165) is 64.3 Å². The van der Waals surface area contributed by atoms with Crippen molar-refractivity contribution < 1.29 is 19.1 Å². The highest BCUT2D eigenvalue weighted by atomic mass is 35.5. The zero-order chi connectivity index (χ0) is 35.3. The number of hydrogen-bond donors (Lipinski definition) is 1. The van der Waals surface area contributed by atoms with Gasteiger partial charge in [0.2, 0.25) is 5.91 Å². The molecule has 0 saturated carbocycles. The molecule has 2 amide bonds. The zero-order valence-electron chi connectivity index (χ0n) is 29.4. The number of allylic oxidation sites excluding steroid dienone is 10. The molecule has 2 aromatic rings. The quantitative estimate of drug-likeness (QED) is 0.0856. The van der Waals surface area contributed by atoms with Crippen LogP contribution in [0.1, 0.15) is 101 Å². The van der Waals surface area contributed by atoms with Gasteiger partial charge >= 0.3 is 0 Å². The van der Waals surface area contributed by atoms with Crippen LogP contribution in [0.5, 0.6) is 5.75 Å². The SMILES string of the molecule is CC/C=C\C/C=C\C/C=C\C/C=C\C/C=C\CCCC(=O)N1CCC[C@H]1CNC(=O)C(C)(C)Oc1ccc(C(=O)c2ccc(Cl)cc2)cc1. The van der Waals surface area contributed by atoms with Crippen LogP contribution in [-0.4, -0.2) is 47.2 Å². The molecule has 1 N–H and O–H groups in total. The zero-order valence-corrected chi connectivity index (χ0v) is 30.2. The smallest absolute Gasteiger partial charge is 0.263 e. The van der Waals surface area contributed by atoms with E-state index in [1.807, 2.05) is 4.90 Å². The molecule has 0 aliphatic carbocycles. The maximum atomic E-state index is 13.1. The average molecular weight is 685 g/mol. The van der Waals surface area contributed by atoms with E-state index in [1.54, 1.807) is 62.4 Å². The van der Waals surface area contributed by atoms with E-state index in [2.05, 4.69) is 73.0 Å². The maximum Gasteiger partial charge on any atom is 0.263 e. The second-order valence-electron chi connectivity index (χ2n) is 12.7. The first-order chi connectivity index (χ1) is 23.7. The first kappa shape index (κ1) is 39.3. The Balaban J connectivity index is 1.32. The molecule has 1 saturated heterocycles. The number of carbonyl (C=O) groups is 3. The monoisotopic (exact) mass is 684 g/mol. The Morgan fingerprint density at radius 3 is 1.92 bits per heavy atom. The van der Waals surface area contributed by atoms with Gasteiger partial charge in [-0.1, -0.05) is 79.3 Å². The van der Waals surface area contributed by atoms with Crippen molar-refractivity contribution in [1.82, 2.24) is 10.2 Å². The van der Waals surface area contributed by atoms with Crippen molar-refractivity contribution in [1.29, 1.82) is 0 Å². The summed E-state index contributed by atoms with van der Waals surface area (Å²) in [5.74, 6) is 0.252. The van der Waals surface area contributed by atoms with E-state index in [4.69, 9.17) is 16.3 Å². The Hall–Kier alpha value is -4.16. The number of hydrogen-bond acceptors (Lipinski definition) is 4. The molecule has 0 spiro atoms. The number of rotatable bonds is 20. The minimum atomic E-state index is -1.14. The Bertz CT molecular complexity index is 1470. The summed E-state index contributed by atoms with van der Waals surface area (Å²) in [5.41, 5.74) is -0.0839. The summed E-state index contributed by atoms with van der Waals surface area (Å²) in [6, 6.07) is 13.5. The molecule has 7 heteroatoms. The Morgan fingerprint density at radius 1 is 0.816 bits per heavy atom. The minimum Gasteiger partial charge on any atom is -0.478 e. The van der Waals surface area contributed by atoms with Gasteiger partial charge in [0.1, 0.15) is 5.75 Å². The topological polar surface area (TPSA) is 75.7 Å². The first-order valence-electron chi connectivity index (χ1n) is 17.6. The molecular weight excluding hydrogens is 632 g/mol. The normalized spacial score (nSPS) is 15.4. The van der Waals surface area contributed by atoms with Gasteiger partial charge in [-0.15, -0.1) is 0 Å². The Morgan fingerprint density at radius 2 is 1.35 bits per heavy atom. The van der Waals surface area contributed by atoms with Crippen molar-refractivity contribution in [3.63, 3.8) is 0 Å². The summed E-state index contributed by atoms with van der Waals surface area (Å²) < 4.78 is 6.01. The highest BCUT2D eigenvalue weighted by Crippen LogP contribution is 2.23. The van der Waals surface area contributed by atoms with Gasteiger partial charge in [0.15, 0.2) is 11.4 Å². The number of benzene rings is 2. The van der Waals surface area contributed by atoms with Gasteiger partial charge in [0, 0.05) is 41.7 Å². The summed E-state index contributed by atoms with van der Waals surface area (Å²) in [6.07, 6.45) is 30.7. The third-order valence-corrected chi connectivity index (χ3v) is 8.51. The number of nitrogens with one attached hydrogen (secondary N) is 1. The average Bonchev–Trinajstić information content (AvgIpc) is 3.57. The number of halogens is 1. The molecule has 1 aliphatic rings. The lowest BCUT2D eigenvalue weighted by Crippen LogP contribution is -2.50. The van der Waals surface area contributed by atoms with Gasteiger partial charge in [-0.25, -0.2) is 0 Å². The Labute approximate surface area is 298 Å². The standard InChI is InChI=1S/C42H53ClN2O4/c1-4-5-6-7-8-9-10-11-12-13-14-15-16-17-18-19-20-23-39(46)45-32-21-22-37(45)33-44-41(48)42(2,3)49-38-30-26-35(27-31-38)40(47)34-24-28-36(43)29-25-34/h5-6,8-9,11-12,14-15,17-18,24-31,37H,4,7,10,13,16,19-23,32-33H2,1-3H3,(H,44,48)/b6-5-,9-8-,12-11-,15-14-,18-17-/t37-/m0/s1. The van der Waals surface area contributed by atoms with Crippen molar-refractivity contribution in [2.45, 2.75) is 96.6 Å². The predicted octanol–water partition coefficient (Wildman–Crippen LogP) is 9.76. The van der Waals surface area contributed by atoms with E-state index in [-0.39, 0.29) is 23.6 Å². The molecule has 0 aromatic heterocycles. The number of ether oxygens (including phenoxy) is 1. The van der Waals surface area contributed by atoms with Crippen LogP contribution in [0.4, 0.5) is 0 Å². The van der Waals surface area contributed by atoms with E-state index in [1.165, 1.54) is 0 Å². The van der Waals surface area contributed by atoms with Gasteiger partial charge in [-0.2, -0.15) is 0 Å². The fraction of sp³-hybridized carbons (Fsp3) is 0.405. The lowest BCUT2D eigenvalue weighted by molar-refractivity contribution is -0.136. The first-order valence-corrected chi connectivity index (χ1v) is 18.0. The molecule has 262 valence electrons. The lowest BCUT2D eigenvalue weighted by atomic mass is 10.0. The van der Waals surface area contributed by atoms with E-state index in [0.29, 0.717) is 34.9 Å². The van der Waals surface area contributed by atoms with Crippen LogP contribution in [0.25, 0.3) is 0 Å². The number of ketones is 1. The molecule has 6 nitrogen and oxygen atoms in total.